The van der Waals surface area contributed by atoms with Gasteiger partial charge in [-0.1, -0.05) is 0 Å². The highest BCUT2D eigenvalue weighted by molar-refractivity contribution is 5.97. The number of hydrogen-bond donors (Lipinski definition) is 1. The Morgan fingerprint density at radius 3 is 2.60 bits per heavy atom. The summed E-state index contributed by atoms with van der Waals surface area (Å²) in [5.74, 6) is 0.706. The molecule has 1 saturated carbocycles. The van der Waals surface area contributed by atoms with Gasteiger partial charge in [0.2, 0.25) is 0 Å². The molecule has 1 fully saturated rings. The summed E-state index contributed by atoms with van der Waals surface area (Å²) in [6.07, 6.45) is 4.66. The molecule has 0 unspecified atom stereocenters. The summed E-state index contributed by atoms with van der Waals surface area (Å²) in [4.78, 5) is 12.1. The van der Waals surface area contributed by atoms with Crippen LogP contribution in [0, 0.1) is 0 Å². The Balaban J connectivity index is 1.92. The van der Waals surface area contributed by atoms with Crippen molar-refractivity contribution in [3.05, 3.63) is 23.3 Å². The zero-order valence-corrected chi connectivity index (χ0v) is 11.8. The molecule has 1 aliphatic heterocycles. The average Bonchev–Trinajstić information content (AvgIpc) is 3.07. The molecule has 0 saturated heterocycles. The summed E-state index contributed by atoms with van der Waals surface area (Å²) in [6.45, 7) is 0. The Hall–Kier alpha value is -1.75. The first kappa shape index (κ1) is 13.2. The number of carbonyl (C=O) groups is 1. The van der Waals surface area contributed by atoms with Crippen molar-refractivity contribution in [2.24, 2.45) is 0 Å². The number of rotatable bonds is 4. The van der Waals surface area contributed by atoms with Crippen LogP contribution in [0.4, 0.5) is 0 Å². The van der Waals surface area contributed by atoms with E-state index in [1.165, 1.54) is 25.7 Å². The molecule has 3 rings (SSSR count). The van der Waals surface area contributed by atoms with E-state index in [2.05, 4.69) is 5.32 Å². The van der Waals surface area contributed by atoms with Crippen LogP contribution in [0.3, 0.4) is 0 Å². The van der Waals surface area contributed by atoms with E-state index in [1.807, 2.05) is 12.1 Å². The number of nitrogens with two attached hydrogens (primary N) is 1. The number of hydrogen-bond acceptors (Lipinski definition) is 4. The smallest absolute Gasteiger partial charge is 0.347 e. The Morgan fingerprint density at radius 1 is 1.20 bits per heavy atom. The van der Waals surface area contributed by atoms with Gasteiger partial charge in [0.25, 0.3) is 6.23 Å². The molecule has 1 aromatic carbocycles. The van der Waals surface area contributed by atoms with Crippen molar-refractivity contribution in [3.63, 3.8) is 0 Å². The van der Waals surface area contributed by atoms with Crippen LogP contribution in [0.5, 0.6) is 11.5 Å². The van der Waals surface area contributed by atoms with Gasteiger partial charge in [-0.05, 0) is 37.8 Å². The van der Waals surface area contributed by atoms with Gasteiger partial charge < -0.3 is 19.5 Å². The Labute approximate surface area is 118 Å². The van der Waals surface area contributed by atoms with Crippen molar-refractivity contribution in [2.75, 3.05) is 14.2 Å². The predicted molar refractivity (Wildman–Crippen MR) is 71.9 cm³/mol. The summed E-state index contributed by atoms with van der Waals surface area (Å²) in [6, 6.07) is 4.28. The average molecular weight is 278 g/mol. The van der Waals surface area contributed by atoms with Gasteiger partial charge in [-0.15, -0.1) is 0 Å². The van der Waals surface area contributed by atoms with E-state index in [1.54, 1.807) is 14.2 Å². The van der Waals surface area contributed by atoms with E-state index in [0.29, 0.717) is 23.1 Å². The maximum atomic E-state index is 12.1. The molecule has 5 heteroatoms. The van der Waals surface area contributed by atoms with Gasteiger partial charge in [0.1, 0.15) is 5.56 Å². The van der Waals surface area contributed by atoms with Gasteiger partial charge in [-0.25, -0.2) is 4.79 Å². The summed E-state index contributed by atoms with van der Waals surface area (Å²) in [5, 5.41) is 2.17. The van der Waals surface area contributed by atoms with Gasteiger partial charge in [0, 0.05) is 0 Å². The van der Waals surface area contributed by atoms with Gasteiger partial charge >= 0.3 is 5.97 Å². The quantitative estimate of drug-likeness (QED) is 0.845. The SMILES string of the molecule is COc1ccc2c(c1OC)C(=O)O[C@H]2[NH2+]C1CCCC1. The molecule has 5 nitrogen and oxygen atoms in total. The van der Waals surface area contributed by atoms with Crippen LogP contribution < -0.4 is 14.8 Å². The second kappa shape index (κ2) is 5.32. The Bertz CT molecular complexity index is 523. The van der Waals surface area contributed by atoms with E-state index >= 15 is 0 Å². The minimum absolute atomic E-state index is 0.250. The lowest BCUT2D eigenvalue weighted by Crippen LogP contribution is -2.90. The molecule has 0 radical (unpaired) electrons. The Morgan fingerprint density at radius 2 is 1.95 bits per heavy atom. The predicted octanol–water partition coefficient (Wildman–Crippen LogP) is 1.38. The second-order valence-electron chi connectivity index (χ2n) is 5.33. The number of ether oxygens (including phenoxy) is 3. The number of methoxy groups -OCH3 is 2. The highest BCUT2D eigenvalue weighted by Gasteiger charge is 2.39. The summed E-state index contributed by atoms with van der Waals surface area (Å²) in [5.41, 5.74) is 1.39. The van der Waals surface area contributed by atoms with Crippen LogP contribution in [0.1, 0.15) is 47.8 Å². The molecule has 20 heavy (non-hydrogen) atoms. The van der Waals surface area contributed by atoms with Gasteiger partial charge in [0.15, 0.2) is 11.5 Å². The van der Waals surface area contributed by atoms with Crippen LogP contribution in [-0.4, -0.2) is 26.2 Å². The fraction of sp³-hybridized carbons (Fsp3) is 0.533. The topological polar surface area (TPSA) is 61.4 Å². The van der Waals surface area contributed by atoms with E-state index in [4.69, 9.17) is 14.2 Å². The third kappa shape index (κ3) is 2.12. The van der Waals surface area contributed by atoms with Crippen LogP contribution in [-0.2, 0) is 4.74 Å². The first-order chi connectivity index (χ1) is 9.74. The third-order valence-corrected chi connectivity index (χ3v) is 4.17. The van der Waals surface area contributed by atoms with Crippen LogP contribution in [0.2, 0.25) is 0 Å². The molecule has 1 heterocycles. The van der Waals surface area contributed by atoms with Crippen molar-refractivity contribution >= 4 is 5.97 Å². The first-order valence-electron chi connectivity index (χ1n) is 7.05. The number of benzene rings is 1. The summed E-state index contributed by atoms with van der Waals surface area (Å²) in [7, 11) is 3.10. The zero-order valence-electron chi connectivity index (χ0n) is 11.8. The van der Waals surface area contributed by atoms with Crippen molar-refractivity contribution in [1.29, 1.82) is 0 Å². The van der Waals surface area contributed by atoms with E-state index in [-0.39, 0.29) is 12.2 Å². The monoisotopic (exact) mass is 278 g/mol. The molecule has 0 bridgehead atoms. The number of quaternary nitrogens is 1. The molecule has 2 N–H and O–H groups in total. The van der Waals surface area contributed by atoms with E-state index in [9.17, 15) is 4.79 Å². The van der Waals surface area contributed by atoms with Crippen LogP contribution in [0.15, 0.2) is 12.1 Å². The number of cyclic esters (lactones) is 1. The van der Waals surface area contributed by atoms with Crippen molar-refractivity contribution in [1.82, 2.24) is 0 Å². The molecule has 0 amide bonds. The minimum Gasteiger partial charge on any atom is -0.493 e. The van der Waals surface area contributed by atoms with Crippen molar-refractivity contribution in [3.8, 4) is 11.5 Å². The maximum absolute atomic E-state index is 12.1. The fourth-order valence-corrected chi connectivity index (χ4v) is 3.17. The standard InChI is InChI=1S/C15H19NO4/c1-18-11-8-7-10-12(13(11)19-2)15(17)20-14(10)16-9-5-3-4-6-9/h7-9,14,16H,3-6H2,1-2H3/p+1/t14-/m1/s1. The molecule has 0 spiro atoms. The Kier molecular flexibility index (Phi) is 3.53. The third-order valence-electron chi connectivity index (χ3n) is 4.17. The second-order valence-corrected chi connectivity index (χ2v) is 5.33. The molecule has 2 aliphatic rings. The van der Waals surface area contributed by atoms with Crippen molar-refractivity contribution in [2.45, 2.75) is 38.0 Å². The van der Waals surface area contributed by atoms with Crippen LogP contribution >= 0.6 is 0 Å². The number of fused-ring (bicyclic) bond motifs is 1. The summed E-state index contributed by atoms with van der Waals surface area (Å²) < 4.78 is 16.1. The minimum atomic E-state index is -0.324. The van der Waals surface area contributed by atoms with E-state index < -0.39 is 0 Å². The molecular weight excluding hydrogens is 258 g/mol. The first-order valence-corrected chi connectivity index (χ1v) is 7.05. The molecule has 1 aliphatic carbocycles. The zero-order chi connectivity index (χ0) is 14.1. The fourth-order valence-electron chi connectivity index (χ4n) is 3.17. The lowest BCUT2D eigenvalue weighted by Gasteiger charge is -2.15. The van der Waals surface area contributed by atoms with E-state index in [0.717, 1.165) is 5.56 Å². The maximum Gasteiger partial charge on any atom is 0.347 e. The largest absolute Gasteiger partial charge is 0.493 e. The molecular formula is C15H20NO4+. The lowest BCUT2D eigenvalue weighted by atomic mass is 10.1. The highest BCUT2D eigenvalue weighted by Crippen LogP contribution is 2.39. The van der Waals surface area contributed by atoms with Gasteiger partial charge in [-0.3, -0.25) is 0 Å². The normalized spacial score (nSPS) is 21.7. The van der Waals surface area contributed by atoms with Gasteiger partial charge in [0.05, 0.1) is 25.8 Å². The number of carbonyl (C=O) groups excluding carboxylic acids is 1. The molecule has 0 aromatic heterocycles. The lowest BCUT2D eigenvalue weighted by molar-refractivity contribution is -0.755. The molecule has 1 aromatic rings. The molecule has 108 valence electrons. The molecule has 1 atom stereocenters. The summed E-state index contributed by atoms with van der Waals surface area (Å²) >= 11 is 0. The van der Waals surface area contributed by atoms with Gasteiger partial charge in [-0.2, -0.15) is 0 Å². The highest BCUT2D eigenvalue weighted by atomic mass is 16.6. The van der Waals surface area contributed by atoms with Crippen LogP contribution in [0.25, 0.3) is 0 Å². The van der Waals surface area contributed by atoms with Crippen molar-refractivity contribution < 1.29 is 24.3 Å². The number of esters is 1.